The summed E-state index contributed by atoms with van der Waals surface area (Å²) < 4.78 is 5.53. The van der Waals surface area contributed by atoms with Crippen LogP contribution in [0.4, 0.5) is 0 Å². The summed E-state index contributed by atoms with van der Waals surface area (Å²) in [7, 11) is 0. The van der Waals surface area contributed by atoms with Crippen molar-refractivity contribution in [2.24, 2.45) is 0 Å². The minimum absolute atomic E-state index is 0.240. The van der Waals surface area contributed by atoms with Gasteiger partial charge in [-0.2, -0.15) is 0 Å². The van der Waals surface area contributed by atoms with Gasteiger partial charge in [0.2, 0.25) is 0 Å². The van der Waals surface area contributed by atoms with E-state index in [4.69, 9.17) is 27.9 Å². The van der Waals surface area contributed by atoms with Crippen molar-refractivity contribution < 1.29 is 14.6 Å². The number of benzene rings is 2. The van der Waals surface area contributed by atoms with E-state index in [9.17, 15) is 9.90 Å². The predicted octanol–water partition coefficient (Wildman–Crippen LogP) is 4.38. The van der Waals surface area contributed by atoms with Gasteiger partial charge in [0.1, 0.15) is 5.75 Å². The first-order valence-corrected chi connectivity index (χ1v) is 7.12. The summed E-state index contributed by atoms with van der Waals surface area (Å²) in [5.41, 5.74) is 1.80. The van der Waals surface area contributed by atoms with Gasteiger partial charge in [0, 0.05) is 11.4 Å². The molecule has 1 N–H and O–H groups in total. The Morgan fingerprint density at radius 1 is 1.24 bits per heavy atom. The summed E-state index contributed by atoms with van der Waals surface area (Å²) in [6, 6.07) is 12.1. The molecule has 2 aromatic carbocycles. The highest BCUT2D eigenvalue weighted by molar-refractivity contribution is 6.32. The van der Waals surface area contributed by atoms with Gasteiger partial charge in [-0.05, 0) is 42.3 Å². The van der Waals surface area contributed by atoms with E-state index >= 15 is 0 Å². The van der Waals surface area contributed by atoms with Crippen molar-refractivity contribution in [2.45, 2.75) is 19.4 Å². The lowest BCUT2D eigenvalue weighted by molar-refractivity contribution is -0.145. The Morgan fingerprint density at radius 3 is 2.57 bits per heavy atom. The molecule has 110 valence electrons. The second-order valence-electron chi connectivity index (χ2n) is 4.65. The second kappa shape index (κ2) is 6.83. The number of carboxylic acids is 1. The molecule has 0 spiro atoms. The van der Waals surface area contributed by atoms with Crippen LogP contribution < -0.4 is 4.74 Å². The summed E-state index contributed by atoms with van der Waals surface area (Å²) in [6.07, 6.45) is -0.770. The van der Waals surface area contributed by atoms with Crippen molar-refractivity contribution in [3.8, 4) is 5.75 Å². The molecule has 0 heterocycles. The molecule has 0 bridgehead atoms. The standard InChI is InChI=1S/C16H14Cl2O3/c1-10-8-12(17)7-6-11(10)9-15(16(19)20)21-14-5-3-2-4-13(14)18/h2-8,15H,9H2,1H3,(H,19,20)/t15-/m1/s1. The molecule has 5 heteroatoms. The number of halogens is 2. The molecule has 21 heavy (non-hydrogen) atoms. The van der Waals surface area contributed by atoms with Crippen molar-refractivity contribution in [1.29, 1.82) is 0 Å². The fourth-order valence-corrected chi connectivity index (χ4v) is 2.37. The van der Waals surface area contributed by atoms with Crippen molar-refractivity contribution in [3.05, 3.63) is 63.6 Å². The van der Waals surface area contributed by atoms with Crippen LogP contribution >= 0.6 is 23.2 Å². The van der Waals surface area contributed by atoms with Crippen molar-refractivity contribution in [2.75, 3.05) is 0 Å². The summed E-state index contributed by atoms with van der Waals surface area (Å²) in [4.78, 5) is 11.4. The van der Waals surface area contributed by atoms with Crippen LogP contribution in [0.1, 0.15) is 11.1 Å². The van der Waals surface area contributed by atoms with E-state index in [1.807, 2.05) is 13.0 Å². The molecule has 0 saturated carbocycles. The molecular weight excluding hydrogens is 311 g/mol. The SMILES string of the molecule is Cc1cc(Cl)ccc1C[C@@H](Oc1ccccc1Cl)C(=O)O. The highest BCUT2D eigenvalue weighted by Crippen LogP contribution is 2.25. The lowest BCUT2D eigenvalue weighted by Crippen LogP contribution is -2.29. The van der Waals surface area contributed by atoms with E-state index in [0.29, 0.717) is 15.8 Å². The molecule has 0 radical (unpaired) electrons. The zero-order valence-corrected chi connectivity index (χ0v) is 12.9. The molecule has 0 aliphatic rings. The smallest absolute Gasteiger partial charge is 0.345 e. The van der Waals surface area contributed by atoms with Crippen LogP contribution in [0, 0.1) is 6.92 Å². The maximum Gasteiger partial charge on any atom is 0.345 e. The normalized spacial score (nSPS) is 12.0. The molecule has 2 rings (SSSR count). The van der Waals surface area contributed by atoms with E-state index in [1.54, 1.807) is 36.4 Å². The Hall–Kier alpha value is -1.71. The fourth-order valence-electron chi connectivity index (χ4n) is 1.96. The topological polar surface area (TPSA) is 46.5 Å². The molecule has 0 amide bonds. The van der Waals surface area contributed by atoms with Crippen LogP contribution in [0.3, 0.4) is 0 Å². The number of carbonyl (C=O) groups is 1. The van der Waals surface area contributed by atoms with Crippen LogP contribution in [-0.4, -0.2) is 17.2 Å². The molecule has 1 atom stereocenters. The first kappa shape index (κ1) is 15.7. The lowest BCUT2D eigenvalue weighted by Gasteiger charge is -2.17. The van der Waals surface area contributed by atoms with Gasteiger partial charge >= 0.3 is 5.97 Å². The number of carboxylic acid groups (broad SMARTS) is 1. The second-order valence-corrected chi connectivity index (χ2v) is 5.49. The number of rotatable bonds is 5. The lowest BCUT2D eigenvalue weighted by atomic mass is 10.0. The molecule has 0 aliphatic heterocycles. The fraction of sp³-hybridized carbons (Fsp3) is 0.188. The molecular formula is C16H14Cl2O3. The van der Waals surface area contributed by atoms with Crippen molar-refractivity contribution >= 4 is 29.2 Å². The largest absolute Gasteiger partial charge is 0.478 e. The molecule has 3 nitrogen and oxygen atoms in total. The minimum Gasteiger partial charge on any atom is -0.478 e. The van der Waals surface area contributed by atoms with Gasteiger partial charge < -0.3 is 9.84 Å². The van der Waals surface area contributed by atoms with E-state index in [2.05, 4.69) is 0 Å². The average molecular weight is 325 g/mol. The number of ether oxygens (including phenoxy) is 1. The maximum atomic E-state index is 11.4. The van der Waals surface area contributed by atoms with Crippen LogP contribution in [-0.2, 0) is 11.2 Å². The van der Waals surface area contributed by atoms with Crippen LogP contribution in [0.5, 0.6) is 5.75 Å². The Morgan fingerprint density at radius 2 is 1.95 bits per heavy atom. The monoisotopic (exact) mass is 324 g/mol. The zero-order valence-electron chi connectivity index (χ0n) is 11.3. The number of hydrogen-bond acceptors (Lipinski definition) is 2. The van der Waals surface area contributed by atoms with Gasteiger partial charge in [0.15, 0.2) is 6.10 Å². The predicted molar refractivity (Wildman–Crippen MR) is 83.4 cm³/mol. The van der Waals surface area contributed by atoms with Crippen molar-refractivity contribution in [3.63, 3.8) is 0 Å². The first-order valence-electron chi connectivity index (χ1n) is 6.36. The van der Waals surface area contributed by atoms with Crippen LogP contribution in [0.15, 0.2) is 42.5 Å². The highest BCUT2D eigenvalue weighted by Gasteiger charge is 2.22. The molecule has 0 fully saturated rings. The Balaban J connectivity index is 2.20. The van der Waals surface area contributed by atoms with E-state index in [1.165, 1.54) is 0 Å². The van der Waals surface area contributed by atoms with Gasteiger partial charge in [-0.1, -0.05) is 41.4 Å². The molecule has 0 aromatic heterocycles. The Kier molecular flexibility index (Phi) is 5.10. The summed E-state index contributed by atoms with van der Waals surface area (Å²) in [5.74, 6) is -0.678. The van der Waals surface area contributed by atoms with Gasteiger partial charge in [0.05, 0.1) is 5.02 Å². The van der Waals surface area contributed by atoms with E-state index < -0.39 is 12.1 Å². The molecule has 0 saturated heterocycles. The number of para-hydroxylation sites is 1. The number of aryl methyl sites for hydroxylation is 1. The summed E-state index contributed by atoms with van der Waals surface area (Å²) in [6.45, 7) is 1.88. The maximum absolute atomic E-state index is 11.4. The van der Waals surface area contributed by atoms with E-state index in [0.717, 1.165) is 11.1 Å². The minimum atomic E-state index is -1.04. The third-order valence-corrected chi connectivity index (χ3v) is 3.64. The molecule has 0 aliphatic carbocycles. The molecule has 2 aromatic rings. The van der Waals surface area contributed by atoms with Gasteiger partial charge in [-0.15, -0.1) is 0 Å². The van der Waals surface area contributed by atoms with Gasteiger partial charge in [0.25, 0.3) is 0 Å². The number of aliphatic carboxylic acids is 1. The van der Waals surface area contributed by atoms with Gasteiger partial charge in [-0.25, -0.2) is 4.79 Å². The third kappa shape index (κ3) is 4.13. The summed E-state index contributed by atoms with van der Waals surface area (Å²) in [5, 5.41) is 10.3. The Bertz CT molecular complexity index is 656. The molecule has 0 unspecified atom stereocenters. The summed E-state index contributed by atoms with van der Waals surface area (Å²) >= 11 is 11.9. The zero-order chi connectivity index (χ0) is 15.4. The van der Waals surface area contributed by atoms with Gasteiger partial charge in [-0.3, -0.25) is 0 Å². The third-order valence-electron chi connectivity index (χ3n) is 3.09. The highest BCUT2D eigenvalue weighted by atomic mass is 35.5. The average Bonchev–Trinajstić information content (AvgIpc) is 2.42. The quantitative estimate of drug-likeness (QED) is 0.887. The first-order chi connectivity index (χ1) is 9.97. The Labute approximate surface area is 133 Å². The van der Waals surface area contributed by atoms with Crippen LogP contribution in [0.2, 0.25) is 10.0 Å². The number of hydrogen-bond donors (Lipinski definition) is 1. The van der Waals surface area contributed by atoms with E-state index in [-0.39, 0.29) is 6.42 Å². The van der Waals surface area contributed by atoms with Crippen molar-refractivity contribution in [1.82, 2.24) is 0 Å². The van der Waals surface area contributed by atoms with Crippen LogP contribution in [0.25, 0.3) is 0 Å².